The summed E-state index contributed by atoms with van der Waals surface area (Å²) >= 11 is 0. The van der Waals surface area contributed by atoms with Gasteiger partial charge in [0, 0.05) is 69.4 Å². The van der Waals surface area contributed by atoms with Crippen LogP contribution in [0.3, 0.4) is 0 Å². The zero-order chi connectivity index (χ0) is 24.9. The highest BCUT2D eigenvalue weighted by atomic mass is 16.5. The van der Waals surface area contributed by atoms with Gasteiger partial charge in [-0.2, -0.15) is 0 Å². The highest BCUT2D eigenvalue weighted by Crippen LogP contribution is 2.31. The van der Waals surface area contributed by atoms with Crippen LogP contribution in [0.2, 0.25) is 0 Å². The number of ether oxygens (including phenoxy) is 2. The quantitative estimate of drug-likeness (QED) is 0.701. The highest BCUT2D eigenvalue weighted by molar-refractivity contribution is 6.00. The standard InChI is InChI=1S/C26H35N5O4/c1-17-12-31(13-19-10-27-16-28-11-19)18(2)15-35-23-8-7-21(29-25(32)20-5-6-20)9-22(23)26(33)30(3)14-24(17)34-4/h7-11,16-18,20,24H,5-6,12-15H2,1-4H3,(H,29,32)/t17-,18-,24-/m1/s1. The van der Waals surface area contributed by atoms with Gasteiger partial charge in [0.2, 0.25) is 5.91 Å². The van der Waals surface area contributed by atoms with Crippen molar-refractivity contribution >= 4 is 17.5 Å². The lowest BCUT2D eigenvalue weighted by molar-refractivity contribution is -0.117. The molecule has 35 heavy (non-hydrogen) atoms. The third kappa shape index (κ3) is 6.35. The molecule has 0 radical (unpaired) electrons. The largest absolute Gasteiger partial charge is 0.491 e. The molecule has 1 N–H and O–H groups in total. The van der Waals surface area contributed by atoms with Crippen molar-refractivity contribution in [3.8, 4) is 5.75 Å². The Labute approximate surface area is 206 Å². The third-order valence-corrected chi connectivity index (χ3v) is 6.79. The Morgan fingerprint density at radius 3 is 2.63 bits per heavy atom. The van der Waals surface area contributed by atoms with E-state index in [9.17, 15) is 9.59 Å². The molecule has 0 spiro atoms. The number of likely N-dealkylation sites (N-methyl/N-ethyl adjacent to an activating group) is 1. The Morgan fingerprint density at radius 1 is 1.20 bits per heavy atom. The minimum Gasteiger partial charge on any atom is -0.491 e. The van der Waals surface area contributed by atoms with E-state index in [1.807, 2.05) is 12.4 Å². The predicted octanol–water partition coefficient (Wildman–Crippen LogP) is 2.83. The number of hydrogen-bond donors (Lipinski definition) is 1. The average molecular weight is 482 g/mol. The molecule has 2 amide bonds. The van der Waals surface area contributed by atoms with Crippen LogP contribution in [0.4, 0.5) is 5.69 Å². The van der Waals surface area contributed by atoms with E-state index in [2.05, 4.69) is 34.0 Å². The lowest BCUT2D eigenvalue weighted by atomic mass is 10.0. The maximum Gasteiger partial charge on any atom is 0.257 e. The Bertz CT molecular complexity index is 1030. The number of anilines is 1. The Morgan fingerprint density at radius 2 is 1.94 bits per heavy atom. The second-order valence-corrected chi connectivity index (χ2v) is 9.75. The van der Waals surface area contributed by atoms with Crippen LogP contribution < -0.4 is 10.1 Å². The monoisotopic (exact) mass is 481 g/mol. The summed E-state index contributed by atoms with van der Waals surface area (Å²) < 4.78 is 12.0. The molecule has 0 unspecified atom stereocenters. The molecule has 9 heteroatoms. The number of amides is 2. The van der Waals surface area contributed by atoms with Gasteiger partial charge in [0.15, 0.2) is 0 Å². The minimum atomic E-state index is -0.164. The first-order chi connectivity index (χ1) is 16.9. The van der Waals surface area contributed by atoms with Gasteiger partial charge in [-0.05, 0) is 43.9 Å². The number of rotatable bonds is 5. The van der Waals surface area contributed by atoms with Crippen LogP contribution in [0.25, 0.3) is 0 Å². The van der Waals surface area contributed by atoms with Crippen molar-refractivity contribution in [2.45, 2.75) is 45.4 Å². The predicted molar refractivity (Wildman–Crippen MR) is 132 cm³/mol. The molecule has 1 fully saturated rings. The van der Waals surface area contributed by atoms with E-state index >= 15 is 0 Å². The molecule has 1 aromatic carbocycles. The molecule has 1 aliphatic carbocycles. The summed E-state index contributed by atoms with van der Waals surface area (Å²) in [6.45, 7) is 6.53. The summed E-state index contributed by atoms with van der Waals surface area (Å²) in [5, 5.41) is 2.94. The molecule has 4 rings (SSSR count). The molecule has 188 valence electrons. The van der Waals surface area contributed by atoms with E-state index in [1.165, 1.54) is 6.33 Å². The Kier molecular flexibility index (Phi) is 7.97. The number of methoxy groups -OCH3 is 1. The average Bonchev–Trinajstić information content (AvgIpc) is 3.71. The van der Waals surface area contributed by atoms with Gasteiger partial charge in [-0.1, -0.05) is 6.92 Å². The van der Waals surface area contributed by atoms with Crippen molar-refractivity contribution < 1.29 is 19.1 Å². The molecule has 0 saturated heterocycles. The second-order valence-electron chi connectivity index (χ2n) is 9.75. The van der Waals surface area contributed by atoms with Crippen LogP contribution in [0.1, 0.15) is 42.6 Å². The first-order valence-corrected chi connectivity index (χ1v) is 12.2. The minimum absolute atomic E-state index is 0.00209. The maximum absolute atomic E-state index is 13.4. The summed E-state index contributed by atoms with van der Waals surface area (Å²) in [4.78, 5) is 38.0. The molecule has 3 atom stereocenters. The van der Waals surface area contributed by atoms with Crippen LogP contribution >= 0.6 is 0 Å². The molecular weight excluding hydrogens is 446 g/mol. The number of fused-ring (bicyclic) bond motifs is 1. The second kappa shape index (κ2) is 11.1. The first-order valence-electron chi connectivity index (χ1n) is 12.2. The van der Waals surface area contributed by atoms with Gasteiger partial charge in [0.1, 0.15) is 18.7 Å². The lowest BCUT2D eigenvalue weighted by Crippen LogP contribution is -2.46. The summed E-state index contributed by atoms with van der Waals surface area (Å²) in [6, 6.07) is 5.34. The fourth-order valence-electron chi connectivity index (χ4n) is 4.39. The first kappa shape index (κ1) is 25.1. The summed E-state index contributed by atoms with van der Waals surface area (Å²) in [6.07, 6.45) is 6.87. The number of aromatic nitrogens is 2. The SMILES string of the molecule is CO[C@@H]1CN(C)C(=O)c2cc(NC(=O)C3CC3)ccc2OC[C@@H](C)N(Cc2cncnc2)C[C@H]1C. The van der Waals surface area contributed by atoms with Crippen molar-refractivity contribution in [1.82, 2.24) is 19.8 Å². The topological polar surface area (TPSA) is 96.9 Å². The molecule has 2 heterocycles. The Balaban J connectivity index is 1.61. The lowest BCUT2D eigenvalue weighted by Gasteiger charge is -2.36. The van der Waals surface area contributed by atoms with E-state index in [0.29, 0.717) is 36.7 Å². The number of carbonyl (C=O) groups is 2. The van der Waals surface area contributed by atoms with Crippen molar-refractivity contribution in [3.05, 3.63) is 48.0 Å². The maximum atomic E-state index is 13.4. The van der Waals surface area contributed by atoms with Crippen molar-refractivity contribution in [1.29, 1.82) is 0 Å². The Hall–Kier alpha value is -3.04. The van der Waals surface area contributed by atoms with Gasteiger partial charge in [-0.15, -0.1) is 0 Å². The summed E-state index contributed by atoms with van der Waals surface area (Å²) in [5.74, 6) is 0.580. The van der Waals surface area contributed by atoms with Gasteiger partial charge < -0.3 is 19.7 Å². The number of hydrogen-bond acceptors (Lipinski definition) is 7. The van der Waals surface area contributed by atoms with Gasteiger partial charge in [0.25, 0.3) is 5.91 Å². The van der Waals surface area contributed by atoms with Gasteiger partial charge >= 0.3 is 0 Å². The molecule has 0 bridgehead atoms. The number of benzene rings is 1. The molecule has 1 saturated carbocycles. The van der Waals surface area contributed by atoms with Crippen LogP contribution in [0.15, 0.2) is 36.9 Å². The third-order valence-electron chi connectivity index (χ3n) is 6.79. The molecule has 1 aromatic heterocycles. The van der Waals surface area contributed by atoms with Crippen molar-refractivity contribution in [3.63, 3.8) is 0 Å². The van der Waals surface area contributed by atoms with Crippen molar-refractivity contribution in [2.75, 3.05) is 39.2 Å². The fraction of sp³-hybridized carbons (Fsp3) is 0.538. The zero-order valence-corrected chi connectivity index (χ0v) is 20.9. The number of nitrogens with zero attached hydrogens (tertiary/aromatic N) is 4. The molecular formula is C26H35N5O4. The smallest absolute Gasteiger partial charge is 0.257 e. The van der Waals surface area contributed by atoms with Gasteiger partial charge in [0.05, 0.1) is 11.7 Å². The van der Waals surface area contributed by atoms with Crippen LogP contribution in [-0.4, -0.2) is 77.6 Å². The van der Waals surface area contributed by atoms with E-state index < -0.39 is 0 Å². The molecule has 2 aliphatic rings. The zero-order valence-electron chi connectivity index (χ0n) is 20.9. The van der Waals surface area contributed by atoms with E-state index in [1.54, 1.807) is 37.3 Å². The normalized spacial score (nSPS) is 24.1. The van der Waals surface area contributed by atoms with E-state index in [4.69, 9.17) is 9.47 Å². The van der Waals surface area contributed by atoms with Crippen molar-refractivity contribution in [2.24, 2.45) is 11.8 Å². The van der Waals surface area contributed by atoms with Gasteiger partial charge in [-0.3, -0.25) is 14.5 Å². The molecule has 1 aliphatic heterocycles. The summed E-state index contributed by atoms with van der Waals surface area (Å²) in [7, 11) is 3.46. The fourth-order valence-corrected chi connectivity index (χ4v) is 4.39. The molecule has 2 aromatic rings. The van der Waals surface area contributed by atoms with Gasteiger partial charge in [-0.25, -0.2) is 9.97 Å². The van der Waals surface area contributed by atoms with Crippen LogP contribution in [-0.2, 0) is 16.1 Å². The van der Waals surface area contributed by atoms with E-state index in [0.717, 1.165) is 24.9 Å². The summed E-state index contributed by atoms with van der Waals surface area (Å²) in [5.41, 5.74) is 2.06. The molecule has 9 nitrogen and oxygen atoms in total. The number of carbonyl (C=O) groups excluding carboxylic acids is 2. The van der Waals surface area contributed by atoms with Crippen LogP contribution in [0, 0.1) is 11.8 Å². The highest BCUT2D eigenvalue weighted by Gasteiger charge is 2.31. The number of nitrogens with one attached hydrogen (secondary N) is 1. The van der Waals surface area contributed by atoms with Crippen LogP contribution in [0.5, 0.6) is 5.75 Å². The van der Waals surface area contributed by atoms with E-state index in [-0.39, 0.29) is 35.8 Å².